The second kappa shape index (κ2) is 5.40. The van der Waals surface area contributed by atoms with Crippen molar-refractivity contribution in [3.05, 3.63) is 53.9 Å². The zero-order chi connectivity index (χ0) is 14.9. The Morgan fingerprint density at radius 3 is 3.05 bits per heavy atom. The van der Waals surface area contributed by atoms with Gasteiger partial charge >= 0.3 is 0 Å². The number of halogens is 1. The third-order valence-electron chi connectivity index (χ3n) is 4.05. The van der Waals surface area contributed by atoms with E-state index in [-0.39, 0.29) is 5.82 Å². The van der Waals surface area contributed by atoms with Crippen molar-refractivity contribution in [2.45, 2.75) is 25.2 Å². The highest BCUT2D eigenvalue weighted by molar-refractivity contribution is 5.83. The van der Waals surface area contributed by atoms with E-state index >= 15 is 0 Å². The van der Waals surface area contributed by atoms with E-state index in [4.69, 9.17) is 0 Å². The third-order valence-corrected chi connectivity index (χ3v) is 4.05. The molecular weight excluding hydrogens is 279 g/mol. The lowest BCUT2D eigenvalue weighted by Gasteiger charge is -2.06. The fourth-order valence-electron chi connectivity index (χ4n) is 2.70. The summed E-state index contributed by atoms with van der Waals surface area (Å²) in [5.74, 6) is 2.17. The monoisotopic (exact) mass is 296 g/mol. The zero-order valence-corrected chi connectivity index (χ0v) is 12.1. The van der Waals surface area contributed by atoms with Gasteiger partial charge in [0.1, 0.15) is 17.5 Å². The number of fused-ring (bicyclic) bond motifs is 1. The maximum atomic E-state index is 13.2. The molecule has 0 unspecified atom stereocenters. The molecule has 1 saturated carbocycles. The van der Waals surface area contributed by atoms with Gasteiger partial charge < -0.3 is 10.3 Å². The molecule has 1 aliphatic rings. The summed E-state index contributed by atoms with van der Waals surface area (Å²) in [4.78, 5) is 12.0. The molecule has 1 fully saturated rings. The molecule has 2 N–H and O–H groups in total. The van der Waals surface area contributed by atoms with Crippen molar-refractivity contribution in [1.29, 1.82) is 0 Å². The SMILES string of the molecule is Fc1ccc2c(CCNc3ccnc(C4CC4)n3)c[nH]c2c1. The Balaban J connectivity index is 1.42. The van der Waals surface area contributed by atoms with E-state index in [9.17, 15) is 4.39 Å². The van der Waals surface area contributed by atoms with Crippen LogP contribution in [0.1, 0.15) is 30.1 Å². The third kappa shape index (κ3) is 2.66. The number of hydrogen-bond acceptors (Lipinski definition) is 3. The molecule has 112 valence electrons. The Morgan fingerprint density at radius 2 is 2.18 bits per heavy atom. The first-order chi connectivity index (χ1) is 10.8. The van der Waals surface area contributed by atoms with Crippen LogP contribution in [-0.2, 0) is 6.42 Å². The maximum absolute atomic E-state index is 13.2. The largest absolute Gasteiger partial charge is 0.370 e. The van der Waals surface area contributed by atoms with Crippen LogP contribution in [0, 0.1) is 5.82 Å². The standard InChI is InChI=1S/C17H17FN4/c18-13-3-4-14-12(10-21-15(14)9-13)5-7-19-16-6-8-20-17(22-16)11-1-2-11/h3-4,6,8-11,21H,1-2,5,7H2,(H,19,20,22). The van der Waals surface area contributed by atoms with Crippen LogP contribution in [0.5, 0.6) is 0 Å². The minimum absolute atomic E-state index is 0.215. The van der Waals surface area contributed by atoms with Crippen LogP contribution in [0.3, 0.4) is 0 Å². The van der Waals surface area contributed by atoms with Crippen LogP contribution in [0.4, 0.5) is 10.2 Å². The van der Waals surface area contributed by atoms with Crippen molar-refractivity contribution in [3.63, 3.8) is 0 Å². The van der Waals surface area contributed by atoms with Crippen molar-refractivity contribution in [2.24, 2.45) is 0 Å². The Hall–Kier alpha value is -2.43. The Morgan fingerprint density at radius 1 is 1.27 bits per heavy atom. The van der Waals surface area contributed by atoms with E-state index in [2.05, 4.69) is 20.3 Å². The van der Waals surface area contributed by atoms with Crippen molar-refractivity contribution in [2.75, 3.05) is 11.9 Å². The second-order valence-electron chi connectivity index (χ2n) is 5.75. The quantitative estimate of drug-likeness (QED) is 0.756. The van der Waals surface area contributed by atoms with Gasteiger partial charge in [0.15, 0.2) is 0 Å². The first-order valence-electron chi connectivity index (χ1n) is 7.62. The number of H-pyrrole nitrogens is 1. The van der Waals surface area contributed by atoms with Gasteiger partial charge in [-0.05, 0) is 49.1 Å². The van der Waals surface area contributed by atoms with Crippen LogP contribution in [0.25, 0.3) is 10.9 Å². The van der Waals surface area contributed by atoms with E-state index in [1.54, 1.807) is 0 Å². The van der Waals surface area contributed by atoms with E-state index in [0.29, 0.717) is 5.92 Å². The summed E-state index contributed by atoms with van der Waals surface area (Å²) in [7, 11) is 0. The van der Waals surface area contributed by atoms with Crippen LogP contribution in [0.15, 0.2) is 36.7 Å². The molecule has 0 radical (unpaired) electrons. The Kier molecular flexibility index (Phi) is 3.25. The fourth-order valence-corrected chi connectivity index (χ4v) is 2.70. The first kappa shape index (κ1) is 13.2. The highest BCUT2D eigenvalue weighted by atomic mass is 19.1. The number of aromatic amines is 1. The van der Waals surface area contributed by atoms with Crippen LogP contribution in [-0.4, -0.2) is 21.5 Å². The lowest BCUT2D eigenvalue weighted by atomic mass is 10.1. The van der Waals surface area contributed by atoms with Gasteiger partial charge in [0.2, 0.25) is 0 Å². The van der Waals surface area contributed by atoms with Crippen molar-refractivity contribution < 1.29 is 4.39 Å². The Bertz CT molecular complexity index is 807. The molecule has 5 heteroatoms. The Labute approximate surface area is 127 Å². The predicted octanol–water partition coefficient (Wildman–Crippen LogP) is 3.63. The minimum atomic E-state index is -0.215. The average molecular weight is 296 g/mol. The maximum Gasteiger partial charge on any atom is 0.133 e. The molecule has 2 aromatic heterocycles. The van der Waals surface area contributed by atoms with Crippen LogP contribution < -0.4 is 5.32 Å². The number of hydrogen-bond donors (Lipinski definition) is 2. The first-order valence-corrected chi connectivity index (χ1v) is 7.62. The minimum Gasteiger partial charge on any atom is -0.370 e. The van der Waals surface area contributed by atoms with Crippen molar-refractivity contribution in [3.8, 4) is 0 Å². The number of aromatic nitrogens is 3. The molecule has 2 heterocycles. The summed E-state index contributed by atoms with van der Waals surface area (Å²) in [6.45, 7) is 0.783. The molecule has 0 atom stereocenters. The summed E-state index contributed by atoms with van der Waals surface area (Å²) in [6.07, 6.45) is 7.03. The van der Waals surface area contributed by atoms with E-state index in [0.717, 1.165) is 35.5 Å². The van der Waals surface area contributed by atoms with Crippen molar-refractivity contribution >= 4 is 16.7 Å². The van der Waals surface area contributed by atoms with Gasteiger partial charge in [-0.25, -0.2) is 14.4 Å². The average Bonchev–Trinajstić information content (AvgIpc) is 3.30. The lowest BCUT2D eigenvalue weighted by Crippen LogP contribution is -2.07. The summed E-state index contributed by atoms with van der Waals surface area (Å²) < 4.78 is 13.2. The summed E-state index contributed by atoms with van der Waals surface area (Å²) >= 11 is 0. The number of benzene rings is 1. The van der Waals surface area contributed by atoms with Gasteiger partial charge in [-0.3, -0.25) is 0 Å². The molecule has 1 aromatic carbocycles. The number of rotatable bonds is 5. The second-order valence-corrected chi connectivity index (χ2v) is 5.75. The zero-order valence-electron chi connectivity index (χ0n) is 12.1. The normalized spacial score (nSPS) is 14.4. The van der Waals surface area contributed by atoms with Gasteiger partial charge in [0, 0.05) is 35.8 Å². The highest BCUT2D eigenvalue weighted by Crippen LogP contribution is 2.38. The van der Waals surface area contributed by atoms with Gasteiger partial charge in [-0.2, -0.15) is 0 Å². The molecule has 0 spiro atoms. The van der Waals surface area contributed by atoms with Gasteiger partial charge in [-0.15, -0.1) is 0 Å². The molecule has 3 aromatic rings. The van der Waals surface area contributed by atoms with Crippen molar-refractivity contribution in [1.82, 2.24) is 15.0 Å². The molecule has 0 aliphatic heterocycles. The molecule has 4 rings (SSSR count). The topological polar surface area (TPSA) is 53.6 Å². The summed E-state index contributed by atoms with van der Waals surface area (Å²) in [5, 5.41) is 4.42. The number of anilines is 1. The molecule has 22 heavy (non-hydrogen) atoms. The van der Waals surface area contributed by atoms with Gasteiger partial charge in [0.05, 0.1) is 0 Å². The number of nitrogens with zero attached hydrogens (tertiary/aromatic N) is 2. The van der Waals surface area contributed by atoms with Crippen LogP contribution >= 0.6 is 0 Å². The fraction of sp³-hybridized carbons (Fsp3) is 0.294. The van der Waals surface area contributed by atoms with E-state index in [1.807, 2.05) is 24.5 Å². The van der Waals surface area contributed by atoms with Crippen LogP contribution in [0.2, 0.25) is 0 Å². The molecule has 0 saturated heterocycles. The molecule has 4 nitrogen and oxygen atoms in total. The predicted molar refractivity (Wildman–Crippen MR) is 84.5 cm³/mol. The smallest absolute Gasteiger partial charge is 0.133 e. The lowest BCUT2D eigenvalue weighted by molar-refractivity contribution is 0.629. The van der Waals surface area contributed by atoms with Gasteiger partial charge in [-0.1, -0.05) is 0 Å². The molecular formula is C17H17FN4. The molecule has 0 amide bonds. The summed E-state index contributed by atoms with van der Waals surface area (Å²) in [6, 6.07) is 6.75. The highest BCUT2D eigenvalue weighted by Gasteiger charge is 2.26. The van der Waals surface area contributed by atoms with Gasteiger partial charge in [0.25, 0.3) is 0 Å². The number of nitrogens with one attached hydrogen (secondary N) is 2. The summed E-state index contributed by atoms with van der Waals surface area (Å²) in [5.41, 5.74) is 2.02. The molecule has 0 bridgehead atoms. The van der Waals surface area contributed by atoms with E-state index in [1.165, 1.54) is 30.5 Å². The molecule has 1 aliphatic carbocycles. The van der Waals surface area contributed by atoms with E-state index < -0.39 is 0 Å².